The van der Waals surface area contributed by atoms with Crippen molar-refractivity contribution in [2.45, 2.75) is 32.7 Å². The summed E-state index contributed by atoms with van der Waals surface area (Å²) in [6.45, 7) is 5.88. The summed E-state index contributed by atoms with van der Waals surface area (Å²) < 4.78 is 5.45. The SMILES string of the molecule is Cc1oc(NC(=O)CN(C)C2CCNCC2)c(C#N)c1C. The molecular formula is C15H22N4O2. The van der Waals surface area contributed by atoms with Crippen molar-refractivity contribution in [3.05, 3.63) is 16.9 Å². The first-order chi connectivity index (χ1) is 10.0. The van der Waals surface area contributed by atoms with Crippen LogP contribution in [0.1, 0.15) is 29.7 Å². The van der Waals surface area contributed by atoms with Gasteiger partial charge in [-0.15, -0.1) is 0 Å². The molecule has 0 aromatic carbocycles. The van der Waals surface area contributed by atoms with Crippen LogP contribution in [0, 0.1) is 25.2 Å². The molecule has 0 saturated carbocycles. The van der Waals surface area contributed by atoms with Crippen molar-refractivity contribution in [2.24, 2.45) is 0 Å². The maximum absolute atomic E-state index is 12.1. The third kappa shape index (κ3) is 3.63. The molecule has 21 heavy (non-hydrogen) atoms. The molecule has 1 amide bonds. The van der Waals surface area contributed by atoms with E-state index in [1.54, 1.807) is 6.92 Å². The van der Waals surface area contributed by atoms with Crippen molar-refractivity contribution in [2.75, 3.05) is 32.0 Å². The molecule has 0 aliphatic carbocycles. The highest BCUT2D eigenvalue weighted by Gasteiger charge is 2.21. The number of aryl methyl sites for hydroxylation is 1. The van der Waals surface area contributed by atoms with E-state index in [2.05, 4.69) is 21.6 Å². The van der Waals surface area contributed by atoms with Crippen LogP contribution in [0.2, 0.25) is 0 Å². The Morgan fingerprint density at radius 3 is 2.76 bits per heavy atom. The van der Waals surface area contributed by atoms with Gasteiger partial charge in [0.05, 0.1) is 6.54 Å². The standard InChI is InChI=1S/C15H22N4O2/c1-10-11(2)21-15(13(10)8-16)18-14(20)9-19(3)12-4-6-17-7-5-12/h12,17H,4-7,9H2,1-3H3,(H,18,20). The van der Waals surface area contributed by atoms with E-state index in [1.165, 1.54) is 0 Å². The van der Waals surface area contributed by atoms with Gasteiger partial charge in [0, 0.05) is 11.6 Å². The van der Waals surface area contributed by atoms with Gasteiger partial charge in [-0.2, -0.15) is 5.26 Å². The molecule has 0 spiro atoms. The second-order valence-corrected chi connectivity index (χ2v) is 5.54. The molecular weight excluding hydrogens is 268 g/mol. The zero-order valence-corrected chi connectivity index (χ0v) is 12.8. The highest BCUT2D eigenvalue weighted by molar-refractivity contribution is 5.92. The van der Waals surface area contributed by atoms with E-state index in [0.717, 1.165) is 31.5 Å². The topological polar surface area (TPSA) is 81.3 Å². The lowest BCUT2D eigenvalue weighted by Crippen LogP contribution is -2.44. The molecule has 2 N–H and O–H groups in total. The molecule has 1 aliphatic rings. The third-order valence-corrected chi connectivity index (χ3v) is 4.08. The van der Waals surface area contributed by atoms with Crippen LogP contribution in [0.3, 0.4) is 0 Å². The van der Waals surface area contributed by atoms with Crippen molar-refractivity contribution < 1.29 is 9.21 Å². The number of amides is 1. The van der Waals surface area contributed by atoms with Crippen molar-refractivity contribution in [3.63, 3.8) is 0 Å². The summed E-state index contributed by atoms with van der Waals surface area (Å²) in [6, 6.07) is 2.50. The van der Waals surface area contributed by atoms with Gasteiger partial charge in [-0.3, -0.25) is 15.0 Å². The van der Waals surface area contributed by atoms with Gasteiger partial charge in [-0.05, 0) is 46.8 Å². The first kappa shape index (κ1) is 15.5. The number of anilines is 1. The molecule has 0 atom stereocenters. The largest absolute Gasteiger partial charge is 0.444 e. The lowest BCUT2D eigenvalue weighted by molar-refractivity contribution is -0.117. The third-order valence-electron chi connectivity index (χ3n) is 4.08. The van der Waals surface area contributed by atoms with Crippen LogP contribution >= 0.6 is 0 Å². The summed E-state index contributed by atoms with van der Waals surface area (Å²) in [6.07, 6.45) is 2.10. The minimum absolute atomic E-state index is 0.152. The number of furan rings is 1. The Bertz CT molecular complexity index is 553. The Morgan fingerprint density at radius 1 is 1.48 bits per heavy atom. The van der Waals surface area contributed by atoms with Gasteiger partial charge in [-0.25, -0.2) is 0 Å². The van der Waals surface area contributed by atoms with E-state index in [1.807, 2.05) is 14.0 Å². The average Bonchev–Trinajstić information content (AvgIpc) is 2.73. The minimum Gasteiger partial charge on any atom is -0.444 e. The highest BCUT2D eigenvalue weighted by atomic mass is 16.4. The van der Waals surface area contributed by atoms with E-state index in [4.69, 9.17) is 9.68 Å². The molecule has 6 heteroatoms. The number of carbonyl (C=O) groups excluding carboxylic acids is 1. The van der Waals surface area contributed by atoms with E-state index >= 15 is 0 Å². The van der Waals surface area contributed by atoms with Crippen LogP contribution in [-0.4, -0.2) is 43.5 Å². The maximum Gasteiger partial charge on any atom is 0.240 e. The van der Waals surface area contributed by atoms with Gasteiger partial charge in [0.1, 0.15) is 17.4 Å². The van der Waals surface area contributed by atoms with Gasteiger partial charge >= 0.3 is 0 Å². The fraction of sp³-hybridized carbons (Fsp3) is 0.600. The number of rotatable bonds is 4. The van der Waals surface area contributed by atoms with Crippen LogP contribution in [0.5, 0.6) is 0 Å². The lowest BCUT2D eigenvalue weighted by atomic mass is 10.1. The van der Waals surface area contributed by atoms with Crippen LogP contribution in [-0.2, 0) is 4.79 Å². The van der Waals surface area contributed by atoms with E-state index in [-0.39, 0.29) is 11.8 Å². The monoisotopic (exact) mass is 290 g/mol. The molecule has 2 rings (SSSR count). The predicted octanol–water partition coefficient (Wildman–Crippen LogP) is 1.39. The molecule has 0 bridgehead atoms. The van der Waals surface area contributed by atoms with Crippen molar-refractivity contribution >= 4 is 11.8 Å². The fourth-order valence-corrected chi connectivity index (χ4v) is 2.62. The molecule has 1 aromatic rings. The van der Waals surface area contributed by atoms with Gasteiger partial charge in [0.15, 0.2) is 0 Å². The van der Waals surface area contributed by atoms with E-state index in [9.17, 15) is 4.79 Å². The highest BCUT2D eigenvalue weighted by Crippen LogP contribution is 2.25. The minimum atomic E-state index is -0.152. The first-order valence-electron chi connectivity index (χ1n) is 7.23. The average molecular weight is 290 g/mol. The summed E-state index contributed by atoms with van der Waals surface area (Å²) in [5.41, 5.74) is 1.19. The number of hydrogen-bond donors (Lipinski definition) is 2. The van der Waals surface area contributed by atoms with E-state index < -0.39 is 0 Å². The predicted molar refractivity (Wildman–Crippen MR) is 80.0 cm³/mol. The summed E-state index contributed by atoms with van der Waals surface area (Å²) in [4.78, 5) is 14.2. The molecule has 1 fully saturated rings. The summed E-state index contributed by atoms with van der Waals surface area (Å²) in [5.74, 6) is 0.769. The Hall–Kier alpha value is -1.84. The Labute approximate surface area is 125 Å². The quantitative estimate of drug-likeness (QED) is 0.876. The number of carbonyl (C=O) groups is 1. The normalized spacial score (nSPS) is 16.0. The van der Waals surface area contributed by atoms with Gasteiger partial charge in [0.25, 0.3) is 0 Å². The number of hydrogen-bond acceptors (Lipinski definition) is 5. The lowest BCUT2D eigenvalue weighted by Gasteiger charge is -2.30. The molecule has 1 aliphatic heterocycles. The molecule has 1 saturated heterocycles. The molecule has 0 unspecified atom stereocenters. The van der Waals surface area contributed by atoms with Crippen LogP contribution in [0.15, 0.2) is 4.42 Å². The molecule has 0 radical (unpaired) electrons. The van der Waals surface area contributed by atoms with Gasteiger partial charge < -0.3 is 9.73 Å². The van der Waals surface area contributed by atoms with Crippen LogP contribution in [0.25, 0.3) is 0 Å². The molecule has 1 aromatic heterocycles. The van der Waals surface area contributed by atoms with Crippen molar-refractivity contribution in [1.82, 2.24) is 10.2 Å². The second kappa shape index (κ2) is 6.74. The zero-order valence-electron chi connectivity index (χ0n) is 12.8. The van der Waals surface area contributed by atoms with Crippen molar-refractivity contribution in [3.8, 4) is 6.07 Å². The smallest absolute Gasteiger partial charge is 0.240 e. The van der Waals surface area contributed by atoms with Crippen LogP contribution < -0.4 is 10.6 Å². The maximum atomic E-state index is 12.1. The second-order valence-electron chi connectivity index (χ2n) is 5.54. The zero-order chi connectivity index (χ0) is 15.4. The van der Waals surface area contributed by atoms with Gasteiger partial charge in [-0.1, -0.05) is 0 Å². The summed E-state index contributed by atoms with van der Waals surface area (Å²) in [5, 5.41) is 15.1. The van der Waals surface area contributed by atoms with Gasteiger partial charge in [0.2, 0.25) is 11.8 Å². The Kier molecular flexibility index (Phi) is 4.99. The number of nitriles is 1. The first-order valence-corrected chi connectivity index (χ1v) is 7.23. The fourth-order valence-electron chi connectivity index (χ4n) is 2.62. The van der Waals surface area contributed by atoms with E-state index in [0.29, 0.717) is 23.9 Å². The Balaban J connectivity index is 1.95. The molecule has 114 valence electrons. The Morgan fingerprint density at radius 2 is 2.14 bits per heavy atom. The van der Waals surface area contributed by atoms with Crippen LogP contribution in [0.4, 0.5) is 5.88 Å². The number of piperidine rings is 1. The van der Waals surface area contributed by atoms with Crippen molar-refractivity contribution in [1.29, 1.82) is 5.26 Å². The molecule has 6 nitrogen and oxygen atoms in total. The summed E-state index contributed by atoms with van der Waals surface area (Å²) in [7, 11) is 1.96. The number of nitrogens with zero attached hydrogens (tertiary/aromatic N) is 2. The summed E-state index contributed by atoms with van der Waals surface area (Å²) >= 11 is 0. The molecule has 2 heterocycles. The number of nitrogens with one attached hydrogen (secondary N) is 2. The number of likely N-dealkylation sites (N-methyl/N-ethyl adjacent to an activating group) is 1.